The number of para-hydroxylation sites is 2. The third-order valence-electron chi connectivity index (χ3n) is 4.09. The van der Waals surface area contributed by atoms with Gasteiger partial charge in [-0.15, -0.1) is 0 Å². The summed E-state index contributed by atoms with van der Waals surface area (Å²) in [5.41, 5.74) is 1.65. The van der Waals surface area contributed by atoms with Gasteiger partial charge in [-0.2, -0.15) is 0 Å². The van der Waals surface area contributed by atoms with Crippen LogP contribution in [0.4, 0.5) is 11.4 Å². The molecule has 118 valence electrons. The van der Waals surface area contributed by atoms with E-state index < -0.39 is 0 Å². The molecule has 1 aliphatic heterocycles. The summed E-state index contributed by atoms with van der Waals surface area (Å²) in [6, 6.07) is 17.1. The first-order valence-electron chi connectivity index (χ1n) is 7.45. The molecule has 1 fully saturated rings. The topological polar surface area (TPSA) is 40.6 Å². The highest BCUT2D eigenvalue weighted by Crippen LogP contribution is 2.32. The number of anilines is 2. The van der Waals surface area contributed by atoms with E-state index in [1.165, 1.54) is 0 Å². The number of hydrogen-bond acceptors (Lipinski definition) is 2. The lowest BCUT2D eigenvalue weighted by Crippen LogP contribution is -2.34. The Bertz CT molecular complexity index is 733. The zero-order valence-corrected chi connectivity index (χ0v) is 14.4. The molecule has 0 aliphatic carbocycles. The maximum atomic E-state index is 12.7. The number of benzene rings is 2. The summed E-state index contributed by atoms with van der Waals surface area (Å²) in [6.45, 7) is 0.414. The predicted molar refractivity (Wildman–Crippen MR) is 94.5 cm³/mol. The van der Waals surface area contributed by atoms with Crippen LogP contribution in [0.3, 0.4) is 0 Å². The summed E-state index contributed by atoms with van der Waals surface area (Å²) < 4.78 is 0.859. The van der Waals surface area contributed by atoms with Gasteiger partial charge in [-0.25, -0.2) is 0 Å². The minimum absolute atomic E-state index is 0.0169. The predicted octanol–water partition coefficient (Wildman–Crippen LogP) is 3.47. The molecular weight excluding hydrogens is 356 g/mol. The summed E-state index contributed by atoms with van der Waals surface area (Å²) in [5, 5.41) is 0. The van der Waals surface area contributed by atoms with Gasteiger partial charge in [-0.05, 0) is 40.2 Å². The quantitative estimate of drug-likeness (QED) is 0.827. The van der Waals surface area contributed by atoms with Crippen LogP contribution < -0.4 is 9.80 Å². The molecule has 0 spiro atoms. The number of nitrogens with zero attached hydrogens (tertiary/aromatic N) is 2. The highest BCUT2D eigenvalue weighted by atomic mass is 79.9. The normalized spacial score (nSPS) is 17.4. The van der Waals surface area contributed by atoms with E-state index in [2.05, 4.69) is 15.9 Å². The Labute approximate surface area is 143 Å². The van der Waals surface area contributed by atoms with Crippen molar-refractivity contribution in [1.29, 1.82) is 0 Å². The lowest BCUT2D eigenvalue weighted by atomic mass is 10.1. The van der Waals surface area contributed by atoms with Crippen molar-refractivity contribution in [2.45, 2.75) is 6.42 Å². The summed E-state index contributed by atoms with van der Waals surface area (Å²) in [6.07, 6.45) is 0.247. The monoisotopic (exact) mass is 372 g/mol. The van der Waals surface area contributed by atoms with Crippen molar-refractivity contribution in [2.24, 2.45) is 5.92 Å². The third kappa shape index (κ3) is 3.15. The number of carbonyl (C=O) groups excluding carboxylic acids is 2. The highest BCUT2D eigenvalue weighted by molar-refractivity contribution is 9.10. The summed E-state index contributed by atoms with van der Waals surface area (Å²) in [7, 11) is 1.75. The van der Waals surface area contributed by atoms with Crippen LogP contribution in [0.25, 0.3) is 0 Å². The second-order valence-electron chi connectivity index (χ2n) is 5.59. The van der Waals surface area contributed by atoms with Gasteiger partial charge < -0.3 is 9.80 Å². The Kier molecular flexibility index (Phi) is 4.48. The molecule has 2 aromatic carbocycles. The van der Waals surface area contributed by atoms with Crippen molar-refractivity contribution < 1.29 is 9.59 Å². The molecule has 2 amide bonds. The van der Waals surface area contributed by atoms with Crippen LogP contribution in [-0.2, 0) is 9.59 Å². The lowest BCUT2D eigenvalue weighted by molar-refractivity contribution is -0.124. The van der Waals surface area contributed by atoms with Gasteiger partial charge in [0.15, 0.2) is 0 Å². The molecule has 1 unspecified atom stereocenters. The number of carbonyl (C=O) groups is 2. The average Bonchev–Trinajstić information content (AvgIpc) is 2.96. The van der Waals surface area contributed by atoms with Crippen LogP contribution in [0.15, 0.2) is 59.1 Å². The average molecular weight is 373 g/mol. The van der Waals surface area contributed by atoms with E-state index >= 15 is 0 Å². The minimum Gasteiger partial charge on any atom is -0.315 e. The molecule has 4 nitrogen and oxygen atoms in total. The van der Waals surface area contributed by atoms with Crippen LogP contribution in [0, 0.1) is 5.92 Å². The summed E-state index contributed by atoms with van der Waals surface area (Å²) in [5.74, 6) is -0.365. The molecule has 2 aromatic rings. The van der Waals surface area contributed by atoms with Crippen molar-refractivity contribution in [3.8, 4) is 0 Å². The first kappa shape index (κ1) is 15.7. The van der Waals surface area contributed by atoms with Crippen molar-refractivity contribution in [1.82, 2.24) is 0 Å². The van der Waals surface area contributed by atoms with Crippen LogP contribution in [0.1, 0.15) is 6.42 Å². The van der Waals surface area contributed by atoms with Gasteiger partial charge in [0.2, 0.25) is 11.8 Å². The van der Waals surface area contributed by atoms with Gasteiger partial charge in [0, 0.05) is 30.2 Å². The van der Waals surface area contributed by atoms with Gasteiger partial charge >= 0.3 is 0 Å². The fraction of sp³-hybridized carbons (Fsp3) is 0.222. The first-order chi connectivity index (χ1) is 11.1. The van der Waals surface area contributed by atoms with E-state index in [1.54, 1.807) is 16.8 Å². The third-order valence-corrected chi connectivity index (χ3v) is 4.76. The number of amides is 2. The second-order valence-corrected chi connectivity index (χ2v) is 6.44. The van der Waals surface area contributed by atoms with E-state index in [0.29, 0.717) is 6.54 Å². The zero-order valence-electron chi connectivity index (χ0n) is 12.8. The molecule has 23 heavy (non-hydrogen) atoms. The fourth-order valence-corrected chi connectivity index (χ4v) is 3.33. The Morgan fingerprint density at radius 2 is 1.78 bits per heavy atom. The van der Waals surface area contributed by atoms with Gasteiger partial charge in [0.05, 0.1) is 11.6 Å². The van der Waals surface area contributed by atoms with Crippen LogP contribution in [0.2, 0.25) is 0 Å². The van der Waals surface area contributed by atoms with E-state index in [1.807, 2.05) is 54.6 Å². The molecule has 0 bridgehead atoms. The Hall–Kier alpha value is -2.14. The fourth-order valence-electron chi connectivity index (χ4n) is 2.83. The number of hydrogen-bond donors (Lipinski definition) is 0. The standard InChI is InChI=1S/C18H17BrN2O2/c1-20(14-7-3-2-4-8-14)18(23)13-11-17(22)21(12-13)16-10-6-5-9-15(16)19/h2-10,13H,11-12H2,1H3. The van der Waals surface area contributed by atoms with Crippen molar-refractivity contribution in [3.05, 3.63) is 59.1 Å². The molecular formula is C18H17BrN2O2. The van der Waals surface area contributed by atoms with Gasteiger partial charge in [0.1, 0.15) is 0 Å². The molecule has 0 radical (unpaired) electrons. The summed E-state index contributed by atoms with van der Waals surface area (Å²) >= 11 is 3.47. The molecule has 0 saturated carbocycles. The lowest BCUT2D eigenvalue weighted by Gasteiger charge is -2.22. The van der Waals surface area contributed by atoms with E-state index in [-0.39, 0.29) is 24.2 Å². The first-order valence-corrected chi connectivity index (χ1v) is 8.24. The van der Waals surface area contributed by atoms with Crippen molar-refractivity contribution in [3.63, 3.8) is 0 Å². The molecule has 0 N–H and O–H groups in total. The highest BCUT2D eigenvalue weighted by Gasteiger charge is 2.37. The maximum absolute atomic E-state index is 12.7. The number of halogens is 1. The molecule has 0 aromatic heterocycles. The number of rotatable bonds is 3. The van der Waals surface area contributed by atoms with Crippen LogP contribution >= 0.6 is 15.9 Å². The molecule has 1 heterocycles. The largest absolute Gasteiger partial charge is 0.315 e. The van der Waals surface area contributed by atoms with Gasteiger partial charge in [-0.3, -0.25) is 9.59 Å². The molecule has 5 heteroatoms. The molecule has 1 saturated heterocycles. The van der Waals surface area contributed by atoms with Crippen molar-refractivity contribution in [2.75, 3.05) is 23.4 Å². The smallest absolute Gasteiger partial charge is 0.232 e. The summed E-state index contributed by atoms with van der Waals surface area (Å²) in [4.78, 5) is 28.3. The minimum atomic E-state index is -0.320. The Balaban J connectivity index is 1.77. The Morgan fingerprint density at radius 1 is 1.13 bits per heavy atom. The zero-order chi connectivity index (χ0) is 16.4. The van der Waals surface area contributed by atoms with Gasteiger partial charge in [-0.1, -0.05) is 30.3 Å². The van der Waals surface area contributed by atoms with Crippen LogP contribution in [-0.4, -0.2) is 25.4 Å². The SMILES string of the molecule is CN(C(=O)C1CC(=O)N(c2ccccc2Br)C1)c1ccccc1. The van der Waals surface area contributed by atoms with Crippen molar-refractivity contribution >= 4 is 39.1 Å². The van der Waals surface area contributed by atoms with Crippen LogP contribution in [0.5, 0.6) is 0 Å². The Morgan fingerprint density at radius 3 is 2.48 bits per heavy atom. The van der Waals surface area contributed by atoms with Gasteiger partial charge in [0.25, 0.3) is 0 Å². The molecule has 1 aliphatic rings. The maximum Gasteiger partial charge on any atom is 0.232 e. The van der Waals surface area contributed by atoms with E-state index in [4.69, 9.17) is 0 Å². The van der Waals surface area contributed by atoms with E-state index in [0.717, 1.165) is 15.8 Å². The molecule has 1 atom stereocenters. The van der Waals surface area contributed by atoms with E-state index in [9.17, 15) is 9.59 Å². The second kappa shape index (κ2) is 6.54. The molecule has 3 rings (SSSR count).